The van der Waals surface area contributed by atoms with Crippen LogP contribution in [0.15, 0.2) is 36.5 Å². The van der Waals surface area contributed by atoms with E-state index in [0.29, 0.717) is 0 Å². The molecule has 4 heteroatoms. The summed E-state index contributed by atoms with van der Waals surface area (Å²) in [4.78, 5) is 0. The van der Waals surface area contributed by atoms with Gasteiger partial charge < -0.3 is 5.73 Å². The Morgan fingerprint density at radius 1 is 1.21 bits per heavy atom. The lowest BCUT2D eigenvalue weighted by molar-refractivity contribution is 0.305. The van der Waals surface area contributed by atoms with Gasteiger partial charge in [-0.15, -0.1) is 5.10 Å². The van der Waals surface area contributed by atoms with Gasteiger partial charge in [-0.1, -0.05) is 44.2 Å². The van der Waals surface area contributed by atoms with E-state index in [1.807, 2.05) is 41.2 Å². The van der Waals surface area contributed by atoms with Gasteiger partial charge in [0, 0.05) is 6.04 Å². The molecule has 4 nitrogen and oxygen atoms in total. The molecule has 102 valence electrons. The van der Waals surface area contributed by atoms with Crippen LogP contribution < -0.4 is 5.73 Å². The van der Waals surface area contributed by atoms with Gasteiger partial charge in [0.05, 0.1) is 17.6 Å². The van der Waals surface area contributed by atoms with E-state index in [0.717, 1.165) is 24.2 Å². The molecule has 2 aromatic rings. The summed E-state index contributed by atoms with van der Waals surface area (Å²) < 4.78 is 1.88. The van der Waals surface area contributed by atoms with Gasteiger partial charge in [0.1, 0.15) is 0 Å². The van der Waals surface area contributed by atoms with E-state index in [9.17, 15) is 0 Å². The second kappa shape index (κ2) is 5.53. The summed E-state index contributed by atoms with van der Waals surface area (Å²) in [6.45, 7) is 6.51. The Balaban J connectivity index is 2.09. The van der Waals surface area contributed by atoms with Crippen LogP contribution in [-0.4, -0.2) is 21.0 Å². The molecule has 2 rings (SSSR count). The SMILES string of the molecule is CC(C)(C)C(N)CCc1cnnn1-c1ccccc1. The van der Waals surface area contributed by atoms with E-state index in [2.05, 4.69) is 31.1 Å². The lowest BCUT2D eigenvalue weighted by Gasteiger charge is -2.26. The molecular weight excluding hydrogens is 236 g/mol. The van der Waals surface area contributed by atoms with Crippen molar-refractivity contribution in [2.24, 2.45) is 11.1 Å². The molecule has 1 aromatic heterocycles. The van der Waals surface area contributed by atoms with Crippen molar-refractivity contribution in [3.05, 3.63) is 42.2 Å². The molecule has 0 aliphatic rings. The van der Waals surface area contributed by atoms with Crippen LogP contribution in [0.25, 0.3) is 5.69 Å². The van der Waals surface area contributed by atoms with Crippen LogP contribution in [0.1, 0.15) is 32.9 Å². The van der Waals surface area contributed by atoms with Crippen molar-refractivity contribution in [1.82, 2.24) is 15.0 Å². The van der Waals surface area contributed by atoms with Crippen molar-refractivity contribution in [2.45, 2.75) is 39.7 Å². The Bertz CT molecular complexity index is 510. The molecule has 19 heavy (non-hydrogen) atoms. The number of aryl methyl sites for hydroxylation is 1. The van der Waals surface area contributed by atoms with Gasteiger partial charge in [-0.05, 0) is 30.4 Å². The molecule has 1 aromatic carbocycles. The van der Waals surface area contributed by atoms with Crippen LogP contribution in [-0.2, 0) is 6.42 Å². The number of hydrogen-bond acceptors (Lipinski definition) is 3. The summed E-state index contributed by atoms with van der Waals surface area (Å²) in [5.41, 5.74) is 8.48. The third-order valence-corrected chi connectivity index (χ3v) is 3.44. The van der Waals surface area contributed by atoms with Crippen molar-refractivity contribution in [3.8, 4) is 5.69 Å². The lowest BCUT2D eigenvalue weighted by atomic mass is 9.84. The largest absolute Gasteiger partial charge is 0.327 e. The zero-order chi connectivity index (χ0) is 13.9. The molecular formula is C15H22N4. The second-order valence-electron chi connectivity index (χ2n) is 5.98. The van der Waals surface area contributed by atoms with Gasteiger partial charge >= 0.3 is 0 Å². The van der Waals surface area contributed by atoms with Crippen molar-refractivity contribution in [1.29, 1.82) is 0 Å². The van der Waals surface area contributed by atoms with Gasteiger partial charge in [-0.2, -0.15) is 0 Å². The monoisotopic (exact) mass is 258 g/mol. The highest BCUT2D eigenvalue weighted by molar-refractivity contribution is 5.31. The van der Waals surface area contributed by atoms with Gasteiger partial charge in [0.2, 0.25) is 0 Å². The number of nitrogens with two attached hydrogens (primary N) is 1. The first-order chi connectivity index (χ1) is 8.98. The molecule has 0 radical (unpaired) electrons. The summed E-state index contributed by atoms with van der Waals surface area (Å²) in [7, 11) is 0. The Morgan fingerprint density at radius 2 is 1.89 bits per heavy atom. The summed E-state index contributed by atoms with van der Waals surface area (Å²) in [6, 6.07) is 10.2. The van der Waals surface area contributed by atoms with E-state index < -0.39 is 0 Å². The molecule has 1 unspecified atom stereocenters. The zero-order valence-corrected chi connectivity index (χ0v) is 11.9. The summed E-state index contributed by atoms with van der Waals surface area (Å²) >= 11 is 0. The average molecular weight is 258 g/mol. The Kier molecular flexibility index (Phi) is 4.00. The highest BCUT2D eigenvalue weighted by Gasteiger charge is 2.20. The fourth-order valence-corrected chi connectivity index (χ4v) is 1.95. The topological polar surface area (TPSA) is 56.7 Å². The molecule has 2 N–H and O–H groups in total. The number of benzene rings is 1. The minimum atomic E-state index is 0.130. The van der Waals surface area contributed by atoms with Crippen LogP contribution >= 0.6 is 0 Å². The van der Waals surface area contributed by atoms with E-state index in [-0.39, 0.29) is 11.5 Å². The van der Waals surface area contributed by atoms with Crippen LogP contribution in [0, 0.1) is 5.41 Å². The van der Waals surface area contributed by atoms with Crippen molar-refractivity contribution >= 4 is 0 Å². The van der Waals surface area contributed by atoms with Crippen LogP contribution in [0.4, 0.5) is 0 Å². The molecule has 1 atom stereocenters. The molecule has 0 fully saturated rings. The molecule has 0 saturated carbocycles. The van der Waals surface area contributed by atoms with Crippen molar-refractivity contribution < 1.29 is 0 Å². The first-order valence-corrected chi connectivity index (χ1v) is 6.69. The zero-order valence-electron chi connectivity index (χ0n) is 11.9. The molecule has 0 spiro atoms. The van der Waals surface area contributed by atoms with Gasteiger partial charge in [0.15, 0.2) is 0 Å². The predicted molar refractivity (Wildman–Crippen MR) is 77.1 cm³/mol. The van der Waals surface area contributed by atoms with Gasteiger partial charge in [0.25, 0.3) is 0 Å². The van der Waals surface area contributed by atoms with Crippen molar-refractivity contribution in [2.75, 3.05) is 0 Å². The number of aromatic nitrogens is 3. The highest BCUT2D eigenvalue weighted by atomic mass is 15.4. The maximum absolute atomic E-state index is 6.21. The standard InChI is InChI=1S/C15H22N4/c1-15(2,3)14(16)10-9-13-11-17-18-19(13)12-7-5-4-6-8-12/h4-8,11,14H,9-10,16H2,1-3H3. The summed E-state index contributed by atoms with van der Waals surface area (Å²) in [5.74, 6) is 0. The average Bonchev–Trinajstić information content (AvgIpc) is 2.84. The maximum Gasteiger partial charge on any atom is 0.0729 e. The Labute approximate surface area is 114 Å². The lowest BCUT2D eigenvalue weighted by Crippen LogP contribution is -2.35. The van der Waals surface area contributed by atoms with E-state index >= 15 is 0 Å². The summed E-state index contributed by atoms with van der Waals surface area (Å²) in [6.07, 6.45) is 3.65. The Hall–Kier alpha value is -1.68. The molecule has 0 aliphatic heterocycles. The maximum atomic E-state index is 6.21. The first kappa shape index (κ1) is 13.7. The van der Waals surface area contributed by atoms with Crippen LogP contribution in [0.3, 0.4) is 0 Å². The minimum absolute atomic E-state index is 0.130. The molecule has 1 heterocycles. The quantitative estimate of drug-likeness (QED) is 0.917. The Morgan fingerprint density at radius 3 is 2.53 bits per heavy atom. The number of rotatable bonds is 4. The fraction of sp³-hybridized carbons (Fsp3) is 0.467. The van der Waals surface area contributed by atoms with E-state index in [1.54, 1.807) is 0 Å². The van der Waals surface area contributed by atoms with Gasteiger partial charge in [-0.3, -0.25) is 0 Å². The third kappa shape index (κ3) is 3.41. The molecule has 0 amide bonds. The number of hydrogen-bond donors (Lipinski definition) is 1. The molecule has 0 saturated heterocycles. The van der Waals surface area contributed by atoms with E-state index in [4.69, 9.17) is 5.73 Å². The number of para-hydroxylation sites is 1. The van der Waals surface area contributed by atoms with Crippen LogP contribution in [0.2, 0.25) is 0 Å². The first-order valence-electron chi connectivity index (χ1n) is 6.69. The van der Waals surface area contributed by atoms with Crippen LogP contribution in [0.5, 0.6) is 0 Å². The fourth-order valence-electron chi connectivity index (χ4n) is 1.95. The molecule has 0 bridgehead atoms. The minimum Gasteiger partial charge on any atom is -0.327 e. The smallest absolute Gasteiger partial charge is 0.0729 e. The molecule has 0 aliphatic carbocycles. The van der Waals surface area contributed by atoms with Gasteiger partial charge in [-0.25, -0.2) is 4.68 Å². The normalized spacial score (nSPS) is 13.5. The number of nitrogens with zero attached hydrogens (tertiary/aromatic N) is 3. The highest BCUT2D eigenvalue weighted by Crippen LogP contribution is 2.21. The third-order valence-electron chi connectivity index (χ3n) is 3.44. The predicted octanol–water partition coefficient (Wildman–Crippen LogP) is 2.57. The van der Waals surface area contributed by atoms with Crippen molar-refractivity contribution in [3.63, 3.8) is 0 Å². The van der Waals surface area contributed by atoms with E-state index in [1.165, 1.54) is 0 Å². The second-order valence-corrected chi connectivity index (χ2v) is 5.98. The summed E-state index contributed by atoms with van der Waals surface area (Å²) in [5, 5.41) is 8.16.